The van der Waals surface area contributed by atoms with Gasteiger partial charge in [-0.15, -0.1) is 0 Å². The lowest BCUT2D eigenvalue weighted by Crippen LogP contribution is -2.51. The van der Waals surface area contributed by atoms with Crippen molar-refractivity contribution in [2.75, 3.05) is 69.3 Å². The van der Waals surface area contributed by atoms with Gasteiger partial charge in [0, 0.05) is 58.4 Å². The van der Waals surface area contributed by atoms with E-state index in [0.717, 1.165) is 57.3 Å². The lowest BCUT2D eigenvalue weighted by Gasteiger charge is -2.39. The van der Waals surface area contributed by atoms with Gasteiger partial charge in [0.2, 0.25) is 5.91 Å². The molecule has 1 aromatic heterocycles. The van der Waals surface area contributed by atoms with Crippen molar-refractivity contribution in [1.82, 2.24) is 19.8 Å². The maximum absolute atomic E-state index is 11.9. The smallest absolute Gasteiger partial charge is 0.241 e. The van der Waals surface area contributed by atoms with E-state index in [1.165, 1.54) is 0 Å². The molecule has 1 atom stereocenters. The fourth-order valence-electron chi connectivity index (χ4n) is 3.46. The quantitative estimate of drug-likeness (QED) is 0.779. The molecule has 2 aliphatic rings. The zero-order valence-electron chi connectivity index (χ0n) is 15.1. The van der Waals surface area contributed by atoms with Gasteiger partial charge in [0.1, 0.15) is 18.0 Å². The highest BCUT2D eigenvalue weighted by molar-refractivity contribution is 5.82. The van der Waals surface area contributed by atoms with E-state index < -0.39 is 0 Å². The van der Waals surface area contributed by atoms with Crippen LogP contribution in [0.25, 0.3) is 0 Å². The first-order valence-corrected chi connectivity index (χ1v) is 9.03. The Hall–Kier alpha value is -1.93. The third-order valence-electron chi connectivity index (χ3n) is 5.26. The lowest BCUT2D eigenvalue weighted by molar-refractivity contribution is -0.129. The summed E-state index contributed by atoms with van der Waals surface area (Å²) in [5.74, 6) is 1.85. The van der Waals surface area contributed by atoms with Gasteiger partial charge < -0.3 is 19.8 Å². The number of rotatable bonds is 5. The number of nitrogens with zero attached hydrogens (tertiary/aromatic N) is 6. The van der Waals surface area contributed by atoms with Crippen LogP contribution in [0.5, 0.6) is 0 Å². The number of anilines is 2. The summed E-state index contributed by atoms with van der Waals surface area (Å²) in [6.07, 6.45) is 2.55. The summed E-state index contributed by atoms with van der Waals surface area (Å²) < 4.78 is 0. The van der Waals surface area contributed by atoms with E-state index in [9.17, 15) is 9.90 Å². The van der Waals surface area contributed by atoms with E-state index in [1.54, 1.807) is 11.2 Å². The van der Waals surface area contributed by atoms with Crippen LogP contribution < -0.4 is 9.80 Å². The minimum atomic E-state index is 0.120. The third-order valence-corrected chi connectivity index (χ3v) is 5.26. The first kappa shape index (κ1) is 17.9. The first-order valence-electron chi connectivity index (χ1n) is 9.03. The average molecular weight is 348 g/mol. The second-order valence-corrected chi connectivity index (χ2v) is 6.74. The Morgan fingerprint density at radius 1 is 1.08 bits per heavy atom. The van der Waals surface area contributed by atoms with E-state index in [0.29, 0.717) is 6.54 Å². The van der Waals surface area contributed by atoms with Crippen molar-refractivity contribution in [3.05, 3.63) is 12.4 Å². The Morgan fingerprint density at radius 3 is 2.32 bits per heavy atom. The van der Waals surface area contributed by atoms with Gasteiger partial charge in [-0.25, -0.2) is 9.97 Å². The van der Waals surface area contributed by atoms with Gasteiger partial charge in [-0.05, 0) is 6.42 Å². The van der Waals surface area contributed by atoms with Crippen LogP contribution in [0.3, 0.4) is 0 Å². The van der Waals surface area contributed by atoms with Crippen molar-refractivity contribution in [1.29, 1.82) is 0 Å². The monoisotopic (exact) mass is 348 g/mol. The SMILES string of the molecule is CCC(CO)N1CCN(c2cc(N3CCN(C)C(=O)C3)ncn2)CC1. The summed E-state index contributed by atoms with van der Waals surface area (Å²) in [5, 5.41) is 9.47. The van der Waals surface area contributed by atoms with Crippen LogP contribution in [0.4, 0.5) is 11.6 Å². The number of likely N-dealkylation sites (N-methyl/N-ethyl adjacent to an activating group) is 1. The van der Waals surface area contributed by atoms with E-state index in [1.807, 2.05) is 18.0 Å². The second kappa shape index (κ2) is 7.97. The lowest BCUT2D eigenvalue weighted by atomic mass is 10.1. The summed E-state index contributed by atoms with van der Waals surface area (Å²) in [6, 6.07) is 2.23. The number of hydrogen-bond donors (Lipinski definition) is 1. The van der Waals surface area contributed by atoms with Crippen molar-refractivity contribution < 1.29 is 9.90 Å². The maximum atomic E-state index is 11.9. The third kappa shape index (κ3) is 4.01. The topological polar surface area (TPSA) is 76.0 Å². The van der Waals surface area contributed by atoms with Crippen LogP contribution in [-0.2, 0) is 4.79 Å². The highest BCUT2D eigenvalue weighted by Gasteiger charge is 2.25. The number of carbonyl (C=O) groups excluding carboxylic acids is 1. The number of carbonyl (C=O) groups is 1. The van der Waals surface area contributed by atoms with Gasteiger partial charge in [-0.2, -0.15) is 0 Å². The Morgan fingerprint density at radius 2 is 1.72 bits per heavy atom. The molecule has 25 heavy (non-hydrogen) atoms. The summed E-state index contributed by atoms with van der Waals surface area (Å²) >= 11 is 0. The molecule has 0 aliphatic carbocycles. The van der Waals surface area contributed by atoms with Crippen LogP contribution in [0.15, 0.2) is 12.4 Å². The highest BCUT2D eigenvalue weighted by Crippen LogP contribution is 2.21. The Labute approximate surface area is 149 Å². The molecule has 1 N–H and O–H groups in total. The fourth-order valence-corrected chi connectivity index (χ4v) is 3.46. The minimum Gasteiger partial charge on any atom is -0.395 e. The number of piperazine rings is 2. The normalized spacial score (nSPS) is 20.9. The van der Waals surface area contributed by atoms with Gasteiger partial charge in [0.05, 0.1) is 13.2 Å². The molecule has 1 amide bonds. The minimum absolute atomic E-state index is 0.120. The molecule has 0 radical (unpaired) electrons. The second-order valence-electron chi connectivity index (χ2n) is 6.74. The predicted octanol–water partition coefficient (Wildman–Crippen LogP) is -0.352. The molecule has 0 aromatic carbocycles. The molecule has 2 fully saturated rings. The van der Waals surface area contributed by atoms with Crippen LogP contribution in [-0.4, -0.2) is 96.3 Å². The summed E-state index contributed by atoms with van der Waals surface area (Å²) in [5.41, 5.74) is 0. The predicted molar refractivity (Wildman–Crippen MR) is 96.8 cm³/mol. The first-order chi connectivity index (χ1) is 12.1. The van der Waals surface area contributed by atoms with E-state index in [2.05, 4.69) is 26.7 Å². The number of aliphatic hydroxyl groups is 1. The van der Waals surface area contributed by atoms with Crippen molar-refractivity contribution in [3.8, 4) is 0 Å². The highest BCUT2D eigenvalue weighted by atomic mass is 16.3. The summed E-state index contributed by atoms with van der Waals surface area (Å²) in [7, 11) is 1.83. The fraction of sp³-hybridized carbons (Fsp3) is 0.706. The molecule has 8 heteroatoms. The van der Waals surface area contributed by atoms with Gasteiger partial charge in [-0.1, -0.05) is 6.92 Å². The number of aromatic nitrogens is 2. The molecule has 0 saturated carbocycles. The van der Waals surface area contributed by atoms with Gasteiger partial charge >= 0.3 is 0 Å². The molecule has 0 spiro atoms. The Balaban J connectivity index is 1.64. The molecule has 3 heterocycles. The number of hydrogen-bond acceptors (Lipinski definition) is 7. The summed E-state index contributed by atoms with van der Waals surface area (Å²) in [6.45, 7) is 7.82. The molecule has 138 valence electrons. The zero-order chi connectivity index (χ0) is 17.8. The van der Waals surface area contributed by atoms with Gasteiger partial charge in [0.25, 0.3) is 0 Å². The summed E-state index contributed by atoms with van der Waals surface area (Å²) in [4.78, 5) is 29.1. The molecular weight excluding hydrogens is 320 g/mol. The molecule has 1 unspecified atom stereocenters. The van der Waals surface area contributed by atoms with Crippen LogP contribution in [0, 0.1) is 0 Å². The van der Waals surface area contributed by atoms with Crippen molar-refractivity contribution in [2.45, 2.75) is 19.4 Å². The number of amides is 1. The molecule has 2 saturated heterocycles. The number of aliphatic hydroxyl groups excluding tert-OH is 1. The standard InChI is InChI=1S/C17H28N6O2/c1-3-14(12-24)21-6-8-22(9-7-21)15-10-16(19-13-18-15)23-5-4-20(2)17(25)11-23/h10,13-14,24H,3-9,11-12H2,1-2H3. The van der Waals surface area contributed by atoms with Crippen molar-refractivity contribution >= 4 is 17.5 Å². The largest absolute Gasteiger partial charge is 0.395 e. The zero-order valence-corrected chi connectivity index (χ0v) is 15.1. The Bertz CT molecular complexity index is 586. The molecular formula is C17H28N6O2. The molecule has 2 aliphatic heterocycles. The Kier molecular flexibility index (Phi) is 5.70. The van der Waals surface area contributed by atoms with Gasteiger partial charge in [0.15, 0.2) is 0 Å². The van der Waals surface area contributed by atoms with Crippen LogP contribution in [0.1, 0.15) is 13.3 Å². The molecule has 3 rings (SSSR count). The molecule has 8 nitrogen and oxygen atoms in total. The van der Waals surface area contributed by atoms with Crippen LogP contribution >= 0.6 is 0 Å². The van der Waals surface area contributed by atoms with E-state index >= 15 is 0 Å². The van der Waals surface area contributed by atoms with E-state index in [4.69, 9.17) is 0 Å². The van der Waals surface area contributed by atoms with Gasteiger partial charge in [-0.3, -0.25) is 9.69 Å². The maximum Gasteiger partial charge on any atom is 0.241 e. The van der Waals surface area contributed by atoms with Crippen molar-refractivity contribution in [3.63, 3.8) is 0 Å². The van der Waals surface area contributed by atoms with E-state index in [-0.39, 0.29) is 18.6 Å². The average Bonchev–Trinajstić information content (AvgIpc) is 2.66. The van der Waals surface area contributed by atoms with Crippen molar-refractivity contribution in [2.24, 2.45) is 0 Å². The molecule has 0 bridgehead atoms. The van der Waals surface area contributed by atoms with Crippen LogP contribution in [0.2, 0.25) is 0 Å². The molecule has 1 aromatic rings.